The zero-order valence-corrected chi connectivity index (χ0v) is 13.6. The molecular weight excluding hydrogens is 286 g/mol. The Morgan fingerprint density at radius 1 is 1.27 bits per heavy atom. The van der Waals surface area contributed by atoms with E-state index in [9.17, 15) is 19.5 Å². The van der Waals surface area contributed by atoms with E-state index in [1.165, 1.54) is 4.90 Å². The molecule has 1 saturated heterocycles. The van der Waals surface area contributed by atoms with E-state index in [1.807, 2.05) is 0 Å². The lowest BCUT2D eigenvalue weighted by molar-refractivity contribution is -0.153. The molecule has 0 radical (unpaired) electrons. The fourth-order valence-corrected chi connectivity index (χ4v) is 2.98. The van der Waals surface area contributed by atoms with Gasteiger partial charge in [-0.15, -0.1) is 0 Å². The van der Waals surface area contributed by atoms with Gasteiger partial charge in [0.1, 0.15) is 6.04 Å². The highest BCUT2D eigenvalue weighted by molar-refractivity contribution is 5.85. The number of amides is 2. The fraction of sp³-hybridized carbons (Fsp3) is 0.800. The van der Waals surface area contributed by atoms with Crippen LogP contribution in [0.1, 0.15) is 33.1 Å². The molecule has 1 rings (SSSR count). The topological polar surface area (TPSA) is 104 Å². The number of hydrogen-bond donors (Lipinski definition) is 2. The fourth-order valence-electron chi connectivity index (χ4n) is 2.98. The lowest BCUT2D eigenvalue weighted by Gasteiger charge is -2.35. The summed E-state index contributed by atoms with van der Waals surface area (Å²) in [6.45, 7) is 4.97. The molecule has 22 heavy (non-hydrogen) atoms. The van der Waals surface area contributed by atoms with E-state index in [1.54, 1.807) is 25.8 Å². The first-order valence-electron chi connectivity index (χ1n) is 7.76. The zero-order valence-electron chi connectivity index (χ0n) is 13.6. The number of rotatable bonds is 6. The molecule has 1 aliphatic rings. The summed E-state index contributed by atoms with van der Waals surface area (Å²) in [6.07, 6.45) is 1.47. The molecule has 0 aromatic carbocycles. The SMILES string of the molecule is CC(C)C(C(=O)O)N(C)C(=O)C1CCN(C(=O)CCN)CC1. The molecule has 1 heterocycles. The van der Waals surface area contributed by atoms with Gasteiger partial charge in [-0.2, -0.15) is 0 Å². The molecule has 1 fully saturated rings. The average Bonchev–Trinajstić information content (AvgIpc) is 2.46. The van der Waals surface area contributed by atoms with E-state index in [-0.39, 0.29) is 23.7 Å². The number of nitrogens with zero attached hydrogens (tertiary/aromatic N) is 2. The van der Waals surface area contributed by atoms with Crippen molar-refractivity contribution >= 4 is 17.8 Å². The van der Waals surface area contributed by atoms with Gasteiger partial charge in [0.15, 0.2) is 0 Å². The van der Waals surface area contributed by atoms with Crippen LogP contribution in [0.5, 0.6) is 0 Å². The van der Waals surface area contributed by atoms with Crippen molar-refractivity contribution in [1.82, 2.24) is 9.80 Å². The standard InChI is InChI=1S/C15H27N3O4/c1-10(2)13(15(21)22)17(3)14(20)11-5-8-18(9-6-11)12(19)4-7-16/h10-11,13H,4-9,16H2,1-3H3,(H,21,22). The number of likely N-dealkylation sites (N-methyl/N-ethyl adjacent to an activating group) is 1. The van der Waals surface area contributed by atoms with Gasteiger partial charge < -0.3 is 20.6 Å². The third kappa shape index (κ3) is 4.43. The van der Waals surface area contributed by atoms with Crippen molar-refractivity contribution < 1.29 is 19.5 Å². The van der Waals surface area contributed by atoms with Crippen LogP contribution in [-0.4, -0.2) is 65.4 Å². The second-order valence-electron chi connectivity index (χ2n) is 6.17. The summed E-state index contributed by atoms with van der Waals surface area (Å²) < 4.78 is 0. The molecule has 0 spiro atoms. The number of carbonyl (C=O) groups excluding carboxylic acids is 2. The molecule has 1 aliphatic heterocycles. The van der Waals surface area contributed by atoms with E-state index >= 15 is 0 Å². The lowest BCUT2D eigenvalue weighted by atomic mass is 9.93. The van der Waals surface area contributed by atoms with Gasteiger partial charge in [-0.3, -0.25) is 9.59 Å². The van der Waals surface area contributed by atoms with Crippen molar-refractivity contribution in [3.8, 4) is 0 Å². The predicted octanol–water partition coefficient (Wildman–Crippen LogP) is 0.141. The maximum absolute atomic E-state index is 12.5. The molecule has 0 aliphatic carbocycles. The van der Waals surface area contributed by atoms with Gasteiger partial charge in [0, 0.05) is 39.0 Å². The van der Waals surface area contributed by atoms with Crippen LogP contribution in [0, 0.1) is 11.8 Å². The monoisotopic (exact) mass is 313 g/mol. The van der Waals surface area contributed by atoms with E-state index in [2.05, 4.69) is 0 Å². The van der Waals surface area contributed by atoms with Crippen molar-refractivity contribution in [2.45, 2.75) is 39.2 Å². The molecule has 0 bridgehead atoms. The molecule has 1 unspecified atom stereocenters. The highest BCUT2D eigenvalue weighted by Crippen LogP contribution is 2.22. The van der Waals surface area contributed by atoms with Crippen LogP contribution in [0.25, 0.3) is 0 Å². The molecular formula is C15H27N3O4. The molecule has 7 nitrogen and oxygen atoms in total. The van der Waals surface area contributed by atoms with Crippen molar-refractivity contribution in [1.29, 1.82) is 0 Å². The minimum atomic E-state index is -0.985. The number of carboxylic acid groups (broad SMARTS) is 1. The number of piperidine rings is 1. The van der Waals surface area contributed by atoms with Crippen molar-refractivity contribution in [2.75, 3.05) is 26.7 Å². The first-order valence-corrected chi connectivity index (χ1v) is 7.76. The first kappa shape index (κ1) is 18.4. The largest absolute Gasteiger partial charge is 0.480 e. The molecule has 2 amide bonds. The van der Waals surface area contributed by atoms with Gasteiger partial charge in [-0.25, -0.2) is 4.79 Å². The summed E-state index contributed by atoms with van der Waals surface area (Å²) in [6, 6.07) is -0.815. The van der Waals surface area contributed by atoms with Crippen LogP contribution in [0.4, 0.5) is 0 Å². The molecule has 1 atom stereocenters. The smallest absolute Gasteiger partial charge is 0.326 e. The number of carbonyl (C=O) groups is 3. The van der Waals surface area contributed by atoms with Crippen LogP contribution in [-0.2, 0) is 14.4 Å². The number of likely N-dealkylation sites (tertiary alicyclic amines) is 1. The van der Waals surface area contributed by atoms with E-state index in [0.717, 1.165) is 0 Å². The molecule has 0 saturated carbocycles. The molecule has 0 aromatic rings. The van der Waals surface area contributed by atoms with Gasteiger partial charge >= 0.3 is 5.97 Å². The summed E-state index contributed by atoms with van der Waals surface area (Å²) in [7, 11) is 1.55. The summed E-state index contributed by atoms with van der Waals surface area (Å²) in [5.41, 5.74) is 5.38. The van der Waals surface area contributed by atoms with Crippen LogP contribution in [0.15, 0.2) is 0 Å². The van der Waals surface area contributed by atoms with Crippen molar-refractivity contribution in [3.63, 3.8) is 0 Å². The van der Waals surface area contributed by atoms with Gasteiger partial charge in [-0.1, -0.05) is 13.8 Å². The highest BCUT2D eigenvalue weighted by atomic mass is 16.4. The third-order valence-electron chi connectivity index (χ3n) is 4.20. The normalized spacial score (nSPS) is 17.4. The molecule has 126 valence electrons. The lowest BCUT2D eigenvalue weighted by Crippen LogP contribution is -2.50. The van der Waals surface area contributed by atoms with Crippen molar-refractivity contribution in [2.24, 2.45) is 17.6 Å². The average molecular weight is 313 g/mol. The summed E-state index contributed by atoms with van der Waals surface area (Å²) >= 11 is 0. The minimum absolute atomic E-state index is 0.0207. The first-order chi connectivity index (χ1) is 10.3. The Morgan fingerprint density at radius 3 is 2.23 bits per heavy atom. The number of hydrogen-bond acceptors (Lipinski definition) is 4. The summed E-state index contributed by atoms with van der Waals surface area (Å²) in [5.74, 6) is -1.48. The Hall–Kier alpha value is -1.63. The summed E-state index contributed by atoms with van der Waals surface area (Å²) in [5, 5.41) is 9.28. The maximum atomic E-state index is 12.5. The quantitative estimate of drug-likeness (QED) is 0.726. The second kappa shape index (κ2) is 8.12. The Labute approximate surface area is 131 Å². The van der Waals surface area contributed by atoms with Crippen LogP contribution >= 0.6 is 0 Å². The Bertz CT molecular complexity index is 417. The second-order valence-corrected chi connectivity index (χ2v) is 6.17. The van der Waals surface area contributed by atoms with E-state index in [0.29, 0.717) is 38.9 Å². The van der Waals surface area contributed by atoms with Gasteiger partial charge in [0.05, 0.1) is 0 Å². The zero-order chi connectivity index (χ0) is 16.9. The van der Waals surface area contributed by atoms with Gasteiger partial charge in [0.25, 0.3) is 0 Å². The van der Waals surface area contributed by atoms with Gasteiger partial charge in [-0.05, 0) is 18.8 Å². The van der Waals surface area contributed by atoms with E-state index in [4.69, 9.17) is 5.73 Å². The van der Waals surface area contributed by atoms with Gasteiger partial charge in [0.2, 0.25) is 11.8 Å². The molecule has 3 N–H and O–H groups in total. The number of nitrogens with two attached hydrogens (primary N) is 1. The molecule has 0 aromatic heterocycles. The van der Waals surface area contributed by atoms with Crippen LogP contribution in [0.3, 0.4) is 0 Å². The highest BCUT2D eigenvalue weighted by Gasteiger charge is 2.35. The van der Waals surface area contributed by atoms with Crippen LogP contribution < -0.4 is 5.73 Å². The predicted molar refractivity (Wildman–Crippen MR) is 82.0 cm³/mol. The Balaban J connectivity index is 2.61. The number of aliphatic carboxylic acids is 1. The van der Waals surface area contributed by atoms with Crippen molar-refractivity contribution in [3.05, 3.63) is 0 Å². The number of carboxylic acids is 1. The van der Waals surface area contributed by atoms with E-state index < -0.39 is 12.0 Å². The minimum Gasteiger partial charge on any atom is -0.480 e. The Morgan fingerprint density at radius 2 is 1.82 bits per heavy atom. The molecule has 7 heteroatoms. The third-order valence-corrected chi connectivity index (χ3v) is 4.20. The summed E-state index contributed by atoms with van der Waals surface area (Å²) in [4.78, 5) is 38.7. The van der Waals surface area contributed by atoms with Crippen LogP contribution in [0.2, 0.25) is 0 Å². The maximum Gasteiger partial charge on any atom is 0.326 e. The Kier molecular flexibility index (Phi) is 6.80.